The van der Waals surface area contributed by atoms with Crippen molar-refractivity contribution in [2.24, 2.45) is 0 Å². The van der Waals surface area contributed by atoms with Crippen molar-refractivity contribution in [1.29, 1.82) is 0 Å². The van der Waals surface area contributed by atoms with Crippen molar-refractivity contribution in [3.63, 3.8) is 0 Å². The van der Waals surface area contributed by atoms with Crippen molar-refractivity contribution in [1.82, 2.24) is 4.90 Å². The lowest BCUT2D eigenvalue weighted by atomic mass is 10.2. The molecule has 2 nitrogen and oxygen atoms in total. The van der Waals surface area contributed by atoms with Crippen molar-refractivity contribution in [2.75, 3.05) is 12.4 Å². The first kappa shape index (κ1) is 15.1. The van der Waals surface area contributed by atoms with Crippen molar-refractivity contribution < 1.29 is 4.79 Å². The zero-order valence-corrected chi connectivity index (χ0v) is 13.3. The number of nitrogens with zero attached hydrogens (tertiary/aromatic N) is 1. The Morgan fingerprint density at radius 1 is 1.25 bits per heavy atom. The predicted octanol–water partition coefficient (Wildman–Crippen LogP) is 4.25. The topological polar surface area (TPSA) is 20.3 Å². The molecule has 0 fully saturated rings. The fourth-order valence-corrected chi connectivity index (χ4v) is 3.20. The van der Waals surface area contributed by atoms with Crippen LogP contribution in [-0.2, 0) is 6.54 Å². The molecule has 0 aliphatic heterocycles. The highest BCUT2D eigenvalue weighted by atomic mass is 35.5. The summed E-state index contributed by atoms with van der Waals surface area (Å²) in [5.74, 6) is 0.512. The summed E-state index contributed by atoms with van der Waals surface area (Å²) in [6.07, 6.45) is 0. The van der Waals surface area contributed by atoms with Gasteiger partial charge in [-0.1, -0.05) is 30.3 Å². The van der Waals surface area contributed by atoms with Crippen LogP contribution in [0.5, 0.6) is 0 Å². The number of amides is 1. The molecule has 20 heavy (non-hydrogen) atoms. The minimum atomic E-state index is 0.0655. The highest BCUT2D eigenvalue weighted by molar-refractivity contribution is 7.14. The van der Waals surface area contributed by atoms with Crippen molar-refractivity contribution in [3.05, 3.63) is 57.3 Å². The molecule has 2 aromatic rings. The van der Waals surface area contributed by atoms with Crippen LogP contribution in [0.4, 0.5) is 0 Å². The van der Waals surface area contributed by atoms with Crippen LogP contribution in [0.2, 0.25) is 0 Å². The van der Waals surface area contributed by atoms with Gasteiger partial charge in [-0.25, -0.2) is 0 Å². The van der Waals surface area contributed by atoms with E-state index in [4.69, 9.17) is 11.6 Å². The van der Waals surface area contributed by atoms with E-state index in [0.29, 0.717) is 19.0 Å². The van der Waals surface area contributed by atoms with E-state index in [1.807, 2.05) is 55.1 Å². The summed E-state index contributed by atoms with van der Waals surface area (Å²) in [5, 5.41) is 0. The molecule has 4 heteroatoms. The molecule has 1 aromatic carbocycles. The third kappa shape index (κ3) is 3.62. The van der Waals surface area contributed by atoms with Gasteiger partial charge in [0.2, 0.25) is 0 Å². The van der Waals surface area contributed by atoms with Gasteiger partial charge in [0.25, 0.3) is 5.91 Å². The van der Waals surface area contributed by atoms with Gasteiger partial charge in [0.15, 0.2) is 0 Å². The van der Waals surface area contributed by atoms with E-state index in [9.17, 15) is 4.79 Å². The van der Waals surface area contributed by atoms with Crippen LogP contribution >= 0.6 is 22.9 Å². The number of hydrogen-bond acceptors (Lipinski definition) is 2. The van der Waals surface area contributed by atoms with E-state index in [1.54, 1.807) is 11.3 Å². The van der Waals surface area contributed by atoms with Gasteiger partial charge in [0, 0.05) is 23.8 Å². The molecule has 0 spiro atoms. The van der Waals surface area contributed by atoms with Gasteiger partial charge in [0.05, 0.1) is 4.88 Å². The molecule has 0 atom stereocenters. The molecule has 0 unspecified atom stereocenters. The lowest BCUT2D eigenvalue weighted by Gasteiger charge is -2.21. The first-order valence-electron chi connectivity index (χ1n) is 6.58. The van der Waals surface area contributed by atoms with E-state index < -0.39 is 0 Å². The van der Waals surface area contributed by atoms with Crippen molar-refractivity contribution >= 4 is 28.8 Å². The molecule has 106 valence electrons. The van der Waals surface area contributed by atoms with E-state index in [0.717, 1.165) is 10.4 Å². The monoisotopic (exact) mass is 307 g/mol. The molecule has 0 saturated heterocycles. The smallest absolute Gasteiger partial charge is 0.264 e. The van der Waals surface area contributed by atoms with Crippen LogP contribution in [0.15, 0.2) is 36.4 Å². The summed E-state index contributed by atoms with van der Waals surface area (Å²) in [6, 6.07) is 12.0. The van der Waals surface area contributed by atoms with Crippen molar-refractivity contribution in [2.45, 2.75) is 20.4 Å². The maximum atomic E-state index is 12.6. The zero-order valence-electron chi connectivity index (χ0n) is 11.7. The second-order valence-electron chi connectivity index (χ2n) is 4.75. The summed E-state index contributed by atoms with van der Waals surface area (Å²) >= 11 is 7.39. The van der Waals surface area contributed by atoms with Crippen LogP contribution < -0.4 is 0 Å². The summed E-state index contributed by atoms with van der Waals surface area (Å²) < 4.78 is 0. The lowest BCUT2D eigenvalue weighted by Crippen LogP contribution is -2.31. The van der Waals surface area contributed by atoms with Gasteiger partial charge in [-0.2, -0.15) is 0 Å². The minimum Gasteiger partial charge on any atom is -0.332 e. The van der Waals surface area contributed by atoms with E-state index in [1.165, 1.54) is 10.4 Å². The van der Waals surface area contributed by atoms with E-state index in [-0.39, 0.29) is 5.91 Å². The molecule has 1 aromatic heterocycles. The summed E-state index contributed by atoms with van der Waals surface area (Å²) in [7, 11) is 0. The van der Waals surface area contributed by atoms with Crippen LogP contribution in [0.3, 0.4) is 0 Å². The van der Waals surface area contributed by atoms with Gasteiger partial charge in [-0.3, -0.25) is 4.79 Å². The Bertz CT molecular complexity index is 560. The third-order valence-corrected chi connectivity index (χ3v) is 4.54. The molecule has 1 heterocycles. The van der Waals surface area contributed by atoms with Crippen molar-refractivity contribution in [3.8, 4) is 0 Å². The fourth-order valence-electron chi connectivity index (χ4n) is 1.99. The maximum absolute atomic E-state index is 12.6. The molecular weight excluding hydrogens is 290 g/mol. The van der Waals surface area contributed by atoms with Crippen LogP contribution in [-0.4, -0.2) is 23.2 Å². The predicted molar refractivity (Wildman–Crippen MR) is 85.7 cm³/mol. The number of thiophene rings is 1. The Morgan fingerprint density at radius 2 is 1.95 bits per heavy atom. The Morgan fingerprint density at radius 3 is 2.50 bits per heavy atom. The molecule has 0 radical (unpaired) electrons. The highest BCUT2D eigenvalue weighted by Gasteiger charge is 2.18. The first-order chi connectivity index (χ1) is 9.61. The number of benzene rings is 1. The van der Waals surface area contributed by atoms with Gasteiger partial charge >= 0.3 is 0 Å². The van der Waals surface area contributed by atoms with Crippen LogP contribution in [0, 0.1) is 13.8 Å². The minimum absolute atomic E-state index is 0.0655. The molecule has 0 saturated carbocycles. The Labute approximate surface area is 129 Å². The number of rotatable bonds is 5. The number of carbonyl (C=O) groups is 1. The molecule has 0 aliphatic rings. The number of halogens is 1. The molecule has 0 aliphatic carbocycles. The van der Waals surface area contributed by atoms with Gasteiger partial charge in [-0.05, 0) is 31.0 Å². The Hall–Kier alpha value is -1.32. The average Bonchev–Trinajstić information content (AvgIpc) is 2.78. The quantitative estimate of drug-likeness (QED) is 0.756. The SMILES string of the molecule is Cc1cc(C(=O)N(CCCl)Cc2ccccc2)sc1C. The van der Waals surface area contributed by atoms with Gasteiger partial charge in [-0.15, -0.1) is 22.9 Å². The van der Waals surface area contributed by atoms with Crippen LogP contribution in [0.25, 0.3) is 0 Å². The second-order valence-corrected chi connectivity index (χ2v) is 6.39. The normalized spacial score (nSPS) is 10.6. The molecule has 0 bridgehead atoms. The summed E-state index contributed by atoms with van der Waals surface area (Å²) in [6.45, 7) is 5.24. The van der Waals surface area contributed by atoms with E-state index in [2.05, 4.69) is 0 Å². The molecule has 1 amide bonds. The molecule has 2 rings (SSSR count). The molecule has 0 N–H and O–H groups in total. The zero-order chi connectivity index (χ0) is 14.5. The molecular formula is C16H18ClNOS. The first-order valence-corrected chi connectivity index (χ1v) is 7.93. The maximum Gasteiger partial charge on any atom is 0.264 e. The van der Waals surface area contributed by atoms with Gasteiger partial charge in [0.1, 0.15) is 0 Å². The highest BCUT2D eigenvalue weighted by Crippen LogP contribution is 2.22. The standard InChI is InChI=1S/C16H18ClNOS/c1-12-10-15(20-13(12)2)16(19)18(9-8-17)11-14-6-4-3-5-7-14/h3-7,10H,8-9,11H2,1-2H3. The van der Waals surface area contributed by atoms with Crippen LogP contribution in [0.1, 0.15) is 25.7 Å². The average molecular weight is 308 g/mol. The number of carbonyl (C=O) groups excluding carboxylic acids is 1. The largest absolute Gasteiger partial charge is 0.332 e. The van der Waals surface area contributed by atoms with Gasteiger partial charge < -0.3 is 4.90 Å². The third-order valence-electron chi connectivity index (χ3n) is 3.23. The fraction of sp³-hybridized carbons (Fsp3) is 0.312. The summed E-state index contributed by atoms with van der Waals surface area (Å²) in [4.78, 5) is 16.4. The van der Waals surface area contributed by atoms with E-state index >= 15 is 0 Å². The number of alkyl halides is 1. The number of aryl methyl sites for hydroxylation is 2. The Kier molecular flexibility index (Phi) is 5.21. The Balaban J connectivity index is 2.17. The summed E-state index contributed by atoms with van der Waals surface area (Å²) in [5.41, 5.74) is 2.29. The second kappa shape index (κ2) is 6.91. The lowest BCUT2D eigenvalue weighted by molar-refractivity contribution is 0.0758. The number of hydrogen-bond donors (Lipinski definition) is 0.